The van der Waals surface area contributed by atoms with Crippen LogP contribution < -0.4 is 19.5 Å². The predicted octanol–water partition coefficient (Wildman–Crippen LogP) is 3.23. The summed E-state index contributed by atoms with van der Waals surface area (Å²) in [6.07, 6.45) is 3.05. The van der Waals surface area contributed by atoms with Crippen LogP contribution in [-0.2, 0) is 0 Å². The molecule has 112 valence electrons. The summed E-state index contributed by atoms with van der Waals surface area (Å²) in [4.78, 5) is 12.1. The Kier molecular flexibility index (Phi) is 3.96. The maximum absolute atomic E-state index is 12.1. The highest BCUT2D eigenvalue weighted by Gasteiger charge is 2.15. The zero-order valence-corrected chi connectivity index (χ0v) is 12.0. The summed E-state index contributed by atoms with van der Waals surface area (Å²) in [6.45, 7) is 0.193. The minimum absolute atomic E-state index is 0.124. The SMILES string of the molecule is COc1ccccc1N/C=C\C(=O)c1ccc2c(c1)OCO2. The topological polar surface area (TPSA) is 56.8 Å². The number of para-hydroxylation sites is 2. The van der Waals surface area contributed by atoms with Crippen LogP contribution in [0.1, 0.15) is 10.4 Å². The summed E-state index contributed by atoms with van der Waals surface area (Å²) in [7, 11) is 1.60. The quantitative estimate of drug-likeness (QED) is 0.678. The fourth-order valence-corrected chi connectivity index (χ4v) is 2.12. The number of hydrogen-bond donors (Lipinski definition) is 1. The third kappa shape index (κ3) is 2.88. The molecule has 1 aliphatic rings. The Morgan fingerprint density at radius 2 is 2.00 bits per heavy atom. The summed E-state index contributed by atoms with van der Waals surface area (Å²) in [6, 6.07) is 12.6. The molecule has 0 saturated carbocycles. The fourth-order valence-electron chi connectivity index (χ4n) is 2.12. The van der Waals surface area contributed by atoms with Gasteiger partial charge in [0.1, 0.15) is 5.75 Å². The van der Waals surface area contributed by atoms with E-state index in [9.17, 15) is 4.79 Å². The van der Waals surface area contributed by atoms with E-state index in [1.165, 1.54) is 6.08 Å². The molecule has 2 aromatic carbocycles. The van der Waals surface area contributed by atoms with Gasteiger partial charge in [-0.3, -0.25) is 4.79 Å². The Hall–Kier alpha value is -2.95. The van der Waals surface area contributed by atoms with E-state index in [0.29, 0.717) is 22.8 Å². The molecule has 0 aromatic heterocycles. The van der Waals surface area contributed by atoms with E-state index in [0.717, 1.165) is 5.69 Å². The highest BCUT2D eigenvalue weighted by Crippen LogP contribution is 2.32. The first-order chi connectivity index (χ1) is 10.8. The van der Waals surface area contributed by atoms with Crippen LogP contribution in [0.5, 0.6) is 17.2 Å². The summed E-state index contributed by atoms with van der Waals surface area (Å²) < 4.78 is 15.7. The van der Waals surface area contributed by atoms with Crippen molar-refractivity contribution in [3.63, 3.8) is 0 Å². The van der Waals surface area contributed by atoms with Gasteiger partial charge in [0.2, 0.25) is 6.79 Å². The number of rotatable bonds is 5. The molecule has 2 aromatic rings. The van der Waals surface area contributed by atoms with Gasteiger partial charge in [-0.2, -0.15) is 0 Å². The van der Waals surface area contributed by atoms with Crippen molar-refractivity contribution in [1.29, 1.82) is 0 Å². The molecule has 0 aliphatic carbocycles. The second kappa shape index (κ2) is 6.22. The van der Waals surface area contributed by atoms with Gasteiger partial charge in [0.05, 0.1) is 12.8 Å². The fraction of sp³-hybridized carbons (Fsp3) is 0.118. The van der Waals surface area contributed by atoms with Crippen molar-refractivity contribution in [1.82, 2.24) is 0 Å². The van der Waals surface area contributed by atoms with Crippen LogP contribution in [0.4, 0.5) is 5.69 Å². The van der Waals surface area contributed by atoms with Crippen molar-refractivity contribution in [2.75, 3.05) is 19.2 Å². The highest BCUT2D eigenvalue weighted by atomic mass is 16.7. The smallest absolute Gasteiger partial charge is 0.231 e. The zero-order valence-electron chi connectivity index (χ0n) is 12.0. The molecule has 5 nitrogen and oxygen atoms in total. The Labute approximate surface area is 128 Å². The van der Waals surface area contributed by atoms with Gasteiger partial charge < -0.3 is 19.5 Å². The van der Waals surface area contributed by atoms with E-state index in [-0.39, 0.29) is 12.6 Å². The first-order valence-electron chi connectivity index (χ1n) is 6.78. The minimum atomic E-state index is -0.124. The number of methoxy groups -OCH3 is 1. The van der Waals surface area contributed by atoms with Crippen molar-refractivity contribution in [2.24, 2.45) is 0 Å². The third-order valence-electron chi connectivity index (χ3n) is 3.24. The van der Waals surface area contributed by atoms with Crippen LogP contribution in [0, 0.1) is 0 Å². The van der Waals surface area contributed by atoms with Gasteiger partial charge in [-0.15, -0.1) is 0 Å². The molecule has 5 heteroatoms. The Balaban J connectivity index is 1.69. The number of carbonyl (C=O) groups is 1. The number of allylic oxidation sites excluding steroid dienone is 1. The number of ketones is 1. The van der Waals surface area contributed by atoms with E-state index in [4.69, 9.17) is 14.2 Å². The number of nitrogens with one attached hydrogen (secondary N) is 1. The van der Waals surface area contributed by atoms with Crippen LogP contribution in [-0.4, -0.2) is 19.7 Å². The van der Waals surface area contributed by atoms with Crippen LogP contribution in [0.3, 0.4) is 0 Å². The molecule has 1 N–H and O–H groups in total. The van der Waals surface area contributed by atoms with Gasteiger partial charge in [-0.1, -0.05) is 12.1 Å². The lowest BCUT2D eigenvalue weighted by Crippen LogP contribution is -1.97. The molecule has 1 heterocycles. The van der Waals surface area contributed by atoms with Gasteiger partial charge in [-0.05, 0) is 30.3 Å². The van der Waals surface area contributed by atoms with Crippen molar-refractivity contribution in [2.45, 2.75) is 0 Å². The molecule has 0 amide bonds. The number of benzene rings is 2. The maximum atomic E-state index is 12.1. The molecule has 0 saturated heterocycles. The lowest BCUT2D eigenvalue weighted by atomic mass is 10.1. The van der Waals surface area contributed by atoms with Gasteiger partial charge in [-0.25, -0.2) is 0 Å². The second-order valence-corrected chi connectivity index (χ2v) is 4.61. The van der Waals surface area contributed by atoms with Crippen LogP contribution in [0.2, 0.25) is 0 Å². The van der Waals surface area contributed by atoms with E-state index in [1.807, 2.05) is 24.3 Å². The standard InChI is InChI=1S/C17H15NO4/c1-20-15-5-3-2-4-13(15)18-9-8-14(19)12-6-7-16-17(10-12)22-11-21-16/h2-10,18H,11H2,1H3/b9-8-. The molecule has 0 fully saturated rings. The Morgan fingerprint density at radius 1 is 1.18 bits per heavy atom. The normalized spacial score (nSPS) is 12.4. The van der Waals surface area contributed by atoms with Crippen molar-refractivity contribution >= 4 is 11.5 Å². The van der Waals surface area contributed by atoms with Gasteiger partial charge in [0.25, 0.3) is 0 Å². The Bertz CT molecular complexity index is 724. The molecule has 3 rings (SSSR count). The van der Waals surface area contributed by atoms with Crippen molar-refractivity contribution in [3.05, 3.63) is 60.3 Å². The molecule has 22 heavy (non-hydrogen) atoms. The number of carbonyl (C=O) groups excluding carboxylic acids is 1. The summed E-state index contributed by atoms with van der Waals surface area (Å²) in [5, 5.41) is 3.03. The molecule has 0 unspecified atom stereocenters. The molecular formula is C17H15NO4. The van der Waals surface area contributed by atoms with Crippen LogP contribution in [0.25, 0.3) is 0 Å². The van der Waals surface area contributed by atoms with Crippen LogP contribution in [0.15, 0.2) is 54.7 Å². The predicted molar refractivity (Wildman–Crippen MR) is 82.7 cm³/mol. The van der Waals surface area contributed by atoms with E-state index < -0.39 is 0 Å². The Morgan fingerprint density at radius 3 is 2.86 bits per heavy atom. The summed E-state index contributed by atoms with van der Waals surface area (Å²) in [5.41, 5.74) is 1.34. The maximum Gasteiger partial charge on any atom is 0.231 e. The highest BCUT2D eigenvalue weighted by molar-refractivity contribution is 6.05. The zero-order chi connectivity index (χ0) is 15.4. The lowest BCUT2D eigenvalue weighted by molar-refractivity contribution is 0.104. The number of ether oxygens (including phenoxy) is 3. The van der Waals surface area contributed by atoms with Crippen LogP contribution >= 0.6 is 0 Å². The van der Waals surface area contributed by atoms with E-state index >= 15 is 0 Å². The largest absolute Gasteiger partial charge is 0.495 e. The van der Waals surface area contributed by atoms with Gasteiger partial charge >= 0.3 is 0 Å². The molecule has 0 radical (unpaired) electrons. The molecule has 0 bridgehead atoms. The lowest BCUT2D eigenvalue weighted by Gasteiger charge is -2.06. The number of anilines is 1. The second-order valence-electron chi connectivity index (χ2n) is 4.61. The summed E-state index contributed by atoms with van der Waals surface area (Å²) in [5.74, 6) is 1.84. The van der Waals surface area contributed by atoms with Gasteiger partial charge in [0, 0.05) is 17.8 Å². The average molecular weight is 297 g/mol. The molecule has 1 aliphatic heterocycles. The van der Waals surface area contributed by atoms with Crippen molar-refractivity contribution in [3.8, 4) is 17.2 Å². The molecular weight excluding hydrogens is 282 g/mol. The monoisotopic (exact) mass is 297 g/mol. The minimum Gasteiger partial charge on any atom is -0.495 e. The third-order valence-corrected chi connectivity index (χ3v) is 3.24. The van der Waals surface area contributed by atoms with E-state index in [1.54, 1.807) is 31.5 Å². The van der Waals surface area contributed by atoms with Crippen molar-refractivity contribution < 1.29 is 19.0 Å². The first-order valence-corrected chi connectivity index (χ1v) is 6.78. The summed E-state index contributed by atoms with van der Waals surface area (Å²) >= 11 is 0. The number of fused-ring (bicyclic) bond motifs is 1. The molecule has 0 spiro atoms. The first kappa shape index (κ1) is 14.0. The van der Waals surface area contributed by atoms with E-state index in [2.05, 4.69) is 5.32 Å². The average Bonchev–Trinajstić information content (AvgIpc) is 3.02. The molecule has 0 atom stereocenters. The number of hydrogen-bond acceptors (Lipinski definition) is 5. The van der Waals surface area contributed by atoms with Gasteiger partial charge in [0.15, 0.2) is 17.3 Å².